The van der Waals surface area contributed by atoms with Crippen LogP contribution in [0.15, 0.2) is 52.3 Å². The first-order valence-electron chi connectivity index (χ1n) is 9.13. The van der Waals surface area contributed by atoms with Gasteiger partial charge >= 0.3 is 12.1 Å². The van der Waals surface area contributed by atoms with Gasteiger partial charge in [0.05, 0.1) is 0 Å². The summed E-state index contributed by atoms with van der Waals surface area (Å²) in [4.78, 5) is 18.0. The Morgan fingerprint density at radius 1 is 1.11 bits per heavy atom. The van der Waals surface area contributed by atoms with Crippen molar-refractivity contribution in [2.45, 2.75) is 48.6 Å². The molecular formula is C21H22F3NO2S. The maximum absolute atomic E-state index is 12.5. The average molecular weight is 409 g/mol. The number of rotatable bonds is 4. The fraction of sp³-hybridized carbons (Fsp3) is 0.381. The SMILES string of the molecule is Cc1cccc(Sc2ccccc2C2CCCN(OC(=O)C(F)(F)F)C2)c1C. The van der Waals surface area contributed by atoms with E-state index < -0.39 is 12.1 Å². The number of carbonyl (C=O) groups excluding carboxylic acids is 1. The molecule has 1 unspecified atom stereocenters. The van der Waals surface area contributed by atoms with Crippen LogP contribution in [0.4, 0.5) is 13.2 Å². The Balaban J connectivity index is 1.78. The summed E-state index contributed by atoms with van der Waals surface area (Å²) in [5.41, 5.74) is 3.50. The third-order valence-electron chi connectivity index (χ3n) is 4.96. The Kier molecular flexibility index (Phi) is 6.35. The Morgan fingerprint density at radius 2 is 1.82 bits per heavy atom. The van der Waals surface area contributed by atoms with E-state index in [4.69, 9.17) is 0 Å². The number of hydrogen-bond acceptors (Lipinski definition) is 4. The Hall–Kier alpha value is -1.99. The highest BCUT2D eigenvalue weighted by Gasteiger charge is 2.43. The van der Waals surface area contributed by atoms with Crippen molar-refractivity contribution in [1.82, 2.24) is 5.06 Å². The van der Waals surface area contributed by atoms with E-state index in [1.54, 1.807) is 11.8 Å². The van der Waals surface area contributed by atoms with Gasteiger partial charge in [-0.2, -0.15) is 13.2 Å². The first kappa shape index (κ1) is 20.7. The topological polar surface area (TPSA) is 29.5 Å². The van der Waals surface area contributed by atoms with Crippen LogP contribution in [0.25, 0.3) is 0 Å². The molecule has 2 aromatic rings. The van der Waals surface area contributed by atoms with Gasteiger partial charge in [-0.1, -0.05) is 42.1 Å². The zero-order chi connectivity index (χ0) is 20.3. The normalized spacial score (nSPS) is 18.1. The van der Waals surface area contributed by atoms with Crippen LogP contribution in [-0.2, 0) is 9.63 Å². The fourth-order valence-corrected chi connectivity index (χ4v) is 4.51. The van der Waals surface area contributed by atoms with Gasteiger partial charge in [0.15, 0.2) is 0 Å². The van der Waals surface area contributed by atoms with Gasteiger partial charge in [0.2, 0.25) is 0 Å². The molecule has 1 aliphatic heterocycles. The van der Waals surface area contributed by atoms with Gasteiger partial charge in [0, 0.05) is 28.8 Å². The van der Waals surface area contributed by atoms with Gasteiger partial charge in [0.1, 0.15) is 0 Å². The molecule has 0 N–H and O–H groups in total. The van der Waals surface area contributed by atoms with Crippen LogP contribution in [0, 0.1) is 13.8 Å². The lowest BCUT2D eigenvalue weighted by Crippen LogP contribution is -2.40. The second kappa shape index (κ2) is 8.57. The van der Waals surface area contributed by atoms with Gasteiger partial charge in [-0.15, -0.1) is 5.06 Å². The predicted molar refractivity (Wildman–Crippen MR) is 102 cm³/mol. The number of nitrogens with zero attached hydrogens (tertiary/aromatic N) is 1. The summed E-state index contributed by atoms with van der Waals surface area (Å²) in [5, 5.41) is 1.14. The molecule has 0 saturated carbocycles. The lowest BCUT2D eigenvalue weighted by Gasteiger charge is -2.32. The first-order valence-corrected chi connectivity index (χ1v) is 9.94. The molecule has 2 aromatic carbocycles. The van der Waals surface area contributed by atoms with Crippen LogP contribution in [0.5, 0.6) is 0 Å². The van der Waals surface area contributed by atoms with Crippen molar-refractivity contribution < 1.29 is 22.8 Å². The van der Waals surface area contributed by atoms with Gasteiger partial charge in [-0.25, -0.2) is 4.79 Å². The minimum Gasteiger partial charge on any atom is -0.361 e. The maximum atomic E-state index is 12.5. The number of carbonyl (C=O) groups is 1. The summed E-state index contributed by atoms with van der Waals surface area (Å²) in [6.45, 7) is 4.72. The van der Waals surface area contributed by atoms with Crippen LogP contribution < -0.4 is 0 Å². The van der Waals surface area contributed by atoms with Crippen LogP contribution in [-0.4, -0.2) is 30.3 Å². The monoisotopic (exact) mass is 409 g/mol. The molecular weight excluding hydrogens is 387 g/mol. The number of alkyl halides is 3. The van der Waals surface area contributed by atoms with E-state index in [0.29, 0.717) is 13.0 Å². The minimum atomic E-state index is -4.98. The summed E-state index contributed by atoms with van der Waals surface area (Å²) in [5.74, 6) is -2.16. The molecule has 1 saturated heterocycles. The Labute approximate surface area is 166 Å². The van der Waals surface area contributed by atoms with Crippen molar-refractivity contribution in [2.24, 2.45) is 0 Å². The highest BCUT2D eigenvalue weighted by Crippen LogP contribution is 2.39. The second-order valence-corrected chi connectivity index (χ2v) is 8.03. The standard InChI is InChI=1S/C21H22F3NO2S/c1-14-7-5-11-18(15(14)2)28-19-10-4-3-9-17(19)16-8-6-12-25(13-16)27-20(26)21(22,23)24/h3-5,7,9-11,16H,6,8,12-13H2,1-2H3. The highest BCUT2D eigenvalue weighted by molar-refractivity contribution is 7.99. The van der Waals surface area contributed by atoms with Crippen LogP contribution in [0.3, 0.4) is 0 Å². The van der Waals surface area contributed by atoms with Gasteiger partial charge in [-0.3, -0.25) is 0 Å². The summed E-state index contributed by atoms with van der Waals surface area (Å²) >= 11 is 1.66. The van der Waals surface area contributed by atoms with Gasteiger partial charge in [-0.05, 0) is 55.5 Å². The van der Waals surface area contributed by atoms with Crippen LogP contribution >= 0.6 is 11.8 Å². The third-order valence-corrected chi connectivity index (χ3v) is 6.22. The van der Waals surface area contributed by atoms with E-state index in [9.17, 15) is 18.0 Å². The van der Waals surface area contributed by atoms with Crippen molar-refractivity contribution in [3.05, 3.63) is 59.2 Å². The minimum absolute atomic E-state index is 0.00333. The molecule has 0 aromatic heterocycles. The molecule has 0 aliphatic carbocycles. The smallest absolute Gasteiger partial charge is 0.361 e. The molecule has 0 spiro atoms. The van der Waals surface area contributed by atoms with E-state index >= 15 is 0 Å². The van der Waals surface area contributed by atoms with Crippen molar-refractivity contribution in [3.8, 4) is 0 Å². The van der Waals surface area contributed by atoms with Crippen molar-refractivity contribution >= 4 is 17.7 Å². The summed E-state index contributed by atoms with van der Waals surface area (Å²) in [7, 11) is 0. The number of piperidine rings is 1. The molecule has 1 fully saturated rings. The lowest BCUT2D eigenvalue weighted by molar-refractivity contribution is -0.241. The molecule has 3 nitrogen and oxygen atoms in total. The molecule has 0 amide bonds. The van der Waals surface area contributed by atoms with E-state index in [-0.39, 0.29) is 12.5 Å². The fourth-order valence-electron chi connectivity index (χ4n) is 3.31. The third kappa shape index (κ3) is 4.89. The Bertz CT molecular complexity index is 854. The zero-order valence-electron chi connectivity index (χ0n) is 15.8. The molecule has 1 heterocycles. The summed E-state index contributed by atoms with van der Waals surface area (Å²) in [6.07, 6.45) is -3.48. The molecule has 1 atom stereocenters. The summed E-state index contributed by atoms with van der Waals surface area (Å²) in [6, 6.07) is 14.1. The van der Waals surface area contributed by atoms with Crippen LogP contribution in [0.2, 0.25) is 0 Å². The van der Waals surface area contributed by atoms with Crippen molar-refractivity contribution in [2.75, 3.05) is 13.1 Å². The zero-order valence-corrected chi connectivity index (χ0v) is 16.6. The second-order valence-electron chi connectivity index (χ2n) is 6.94. The van der Waals surface area contributed by atoms with Crippen LogP contribution in [0.1, 0.15) is 35.4 Å². The largest absolute Gasteiger partial charge is 0.492 e. The molecule has 1 aliphatic rings. The molecule has 7 heteroatoms. The Morgan fingerprint density at radius 3 is 2.57 bits per heavy atom. The van der Waals surface area contributed by atoms with E-state index in [1.807, 2.05) is 30.3 Å². The molecule has 3 rings (SSSR count). The number of hydroxylamine groups is 2. The molecule has 0 radical (unpaired) electrons. The van der Waals surface area contributed by atoms with E-state index in [2.05, 4.69) is 30.8 Å². The first-order chi connectivity index (χ1) is 13.3. The molecule has 0 bridgehead atoms. The molecule has 28 heavy (non-hydrogen) atoms. The molecule has 150 valence electrons. The number of hydrogen-bond donors (Lipinski definition) is 0. The van der Waals surface area contributed by atoms with Gasteiger partial charge in [0.25, 0.3) is 0 Å². The number of halogens is 3. The lowest BCUT2D eigenvalue weighted by atomic mass is 9.91. The highest BCUT2D eigenvalue weighted by atomic mass is 32.2. The quantitative estimate of drug-likeness (QED) is 0.652. The van der Waals surface area contributed by atoms with E-state index in [0.717, 1.165) is 26.8 Å². The summed E-state index contributed by atoms with van der Waals surface area (Å²) < 4.78 is 37.5. The predicted octanol–water partition coefficient (Wildman–Crippen LogP) is 5.65. The van der Waals surface area contributed by atoms with E-state index in [1.165, 1.54) is 11.1 Å². The maximum Gasteiger partial charge on any atom is 0.492 e. The van der Waals surface area contributed by atoms with Gasteiger partial charge < -0.3 is 4.84 Å². The number of benzene rings is 2. The van der Waals surface area contributed by atoms with Crippen molar-refractivity contribution in [3.63, 3.8) is 0 Å². The number of aryl methyl sites for hydroxylation is 1. The van der Waals surface area contributed by atoms with Crippen molar-refractivity contribution in [1.29, 1.82) is 0 Å². The average Bonchev–Trinajstić information content (AvgIpc) is 2.65.